The molecular weight excluding hydrogens is 300 g/mol. The van der Waals surface area contributed by atoms with Crippen molar-refractivity contribution in [2.75, 3.05) is 32.7 Å². The predicted octanol–water partition coefficient (Wildman–Crippen LogP) is 2.27. The second-order valence-electron chi connectivity index (χ2n) is 6.60. The molecule has 1 aliphatic rings. The Kier molecular flexibility index (Phi) is 5.00. The van der Waals surface area contributed by atoms with Gasteiger partial charge in [0.15, 0.2) is 0 Å². The van der Waals surface area contributed by atoms with Gasteiger partial charge in [-0.05, 0) is 44.0 Å². The predicted molar refractivity (Wildman–Crippen MR) is 95.2 cm³/mol. The van der Waals surface area contributed by atoms with E-state index in [2.05, 4.69) is 28.3 Å². The van der Waals surface area contributed by atoms with Gasteiger partial charge in [0.25, 0.3) is 5.91 Å². The molecule has 1 amide bonds. The van der Waals surface area contributed by atoms with Crippen LogP contribution < -0.4 is 0 Å². The zero-order valence-corrected chi connectivity index (χ0v) is 14.8. The van der Waals surface area contributed by atoms with E-state index < -0.39 is 0 Å². The number of aromatic nitrogens is 2. The summed E-state index contributed by atoms with van der Waals surface area (Å²) in [4.78, 5) is 21.3. The molecule has 1 fully saturated rings. The fraction of sp³-hybridized carbons (Fsp3) is 0.474. The Labute approximate surface area is 143 Å². The highest BCUT2D eigenvalue weighted by Gasteiger charge is 2.22. The Morgan fingerprint density at radius 1 is 1.04 bits per heavy atom. The van der Waals surface area contributed by atoms with E-state index in [0.29, 0.717) is 0 Å². The summed E-state index contributed by atoms with van der Waals surface area (Å²) >= 11 is 0. The molecule has 5 nitrogen and oxygen atoms in total. The van der Waals surface area contributed by atoms with E-state index in [1.807, 2.05) is 42.4 Å². The fourth-order valence-corrected chi connectivity index (χ4v) is 3.12. The number of nitrogens with zero attached hydrogens (tertiary/aromatic N) is 4. The van der Waals surface area contributed by atoms with Gasteiger partial charge in [0.2, 0.25) is 0 Å². The molecule has 2 heterocycles. The first-order chi connectivity index (χ1) is 11.5. The SMILES string of the molecule is Cc1ccc(C(=O)N2CCN(CCn3ccnc3C)CC2)cc1C. The number of piperazine rings is 1. The third-order valence-corrected chi connectivity index (χ3v) is 4.99. The number of carbonyl (C=O) groups is 1. The van der Waals surface area contributed by atoms with Crippen molar-refractivity contribution in [3.8, 4) is 0 Å². The minimum Gasteiger partial charge on any atom is -0.336 e. The van der Waals surface area contributed by atoms with Crippen molar-refractivity contribution in [3.63, 3.8) is 0 Å². The largest absolute Gasteiger partial charge is 0.336 e. The van der Waals surface area contributed by atoms with Crippen LogP contribution in [-0.4, -0.2) is 58.0 Å². The van der Waals surface area contributed by atoms with E-state index in [1.54, 1.807) is 0 Å². The van der Waals surface area contributed by atoms with Crippen LogP contribution in [0.2, 0.25) is 0 Å². The van der Waals surface area contributed by atoms with Gasteiger partial charge in [-0.1, -0.05) is 6.07 Å². The molecule has 0 spiro atoms. The molecule has 0 aliphatic carbocycles. The normalized spacial score (nSPS) is 15.7. The van der Waals surface area contributed by atoms with Gasteiger partial charge in [-0.15, -0.1) is 0 Å². The van der Waals surface area contributed by atoms with Crippen LogP contribution in [0.25, 0.3) is 0 Å². The summed E-state index contributed by atoms with van der Waals surface area (Å²) in [6.07, 6.45) is 3.87. The lowest BCUT2D eigenvalue weighted by molar-refractivity contribution is 0.0633. The summed E-state index contributed by atoms with van der Waals surface area (Å²) in [6, 6.07) is 5.98. The van der Waals surface area contributed by atoms with Crippen molar-refractivity contribution < 1.29 is 4.79 Å². The molecule has 1 aromatic carbocycles. The van der Waals surface area contributed by atoms with Gasteiger partial charge >= 0.3 is 0 Å². The first-order valence-electron chi connectivity index (χ1n) is 8.61. The zero-order valence-electron chi connectivity index (χ0n) is 14.8. The van der Waals surface area contributed by atoms with Crippen molar-refractivity contribution >= 4 is 5.91 Å². The highest BCUT2D eigenvalue weighted by Crippen LogP contribution is 2.13. The Balaban J connectivity index is 1.52. The van der Waals surface area contributed by atoms with E-state index >= 15 is 0 Å². The average Bonchev–Trinajstić information content (AvgIpc) is 3.00. The Morgan fingerprint density at radius 3 is 2.42 bits per heavy atom. The second-order valence-corrected chi connectivity index (χ2v) is 6.60. The van der Waals surface area contributed by atoms with Crippen LogP contribution in [0.5, 0.6) is 0 Å². The molecule has 0 bridgehead atoms. The molecule has 5 heteroatoms. The third kappa shape index (κ3) is 3.67. The van der Waals surface area contributed by atoms with E-state index in [0.717, 1.165) is 50.7 Å². The highest BCUT2D eigenvalue weighted by molar-refractivity contribution is 5.94. The lowest BCUT2D eigenvalue weighted by atomic mass is 10.1. The number of benzene rings is 1. The average molecular weight is 326 g/mol. The van der Waals surface area contributed by atoms with E-state index in [4.69, 9.17) is 0 Å². The van der Waals surface area contributed by atoms with E-state index in [9.17, 15) is 4.79 Å². The molecule has 1 aromatic heterocycles. The smallest absolute Gasteiger partial charge is 0.253 e. The molecular formula is C19H26N4O. The molecule has 0 atom stereocenters. The summed E-state index contributed by atoms with van der Waals surface area (Å²) < 4.78 is 2.17. The molecule has 3 rings (SSSR count). The van der Waals surface area contributed by atoms with E-state index in [1.165, 1.54) is 11.1 Å². The minimum atomic E-state index is 0.156. The molecule has 0 N–H and O–H groups in total. The third-order valence-electron chi connectivity index (χ3n) is 4.99. The van der Waals surface area contributed by atoms with Gasteiger partial charge in [0.1, 0.15) is 5.82 Å². The summed E-state index contributed by atoms with van der Waals surface area (Å²) in [5.74, 6) is 1.21. The highest BCUT2D eigenvalue weighted by atomic mass is 16.2. The zero-order chi connectivity index (χ0) is 17.1. The van der Waals surface area contributed by atoms with Crippen LogP contribution in [0.15, 0.2) is 30.6 Å². The summed E-state index contributed by atoms with van der Waals surface area (Å²) in [5, 5.41) is 0. The molecule has 0 unspecified atom stereocenters. The maximum atomic E-state index is 12.7. The number of hydrogen-bond acceptors (Lipinski definition) is 3. The van der Waals surface area contributed by atoms with Crippen molar-refractivity contribution in [2.24, 2.45) is 0 Å². The number of carbonyl (C=O) groups excluding carboxylic acids is 1. The molecule has 0 radical (unpaired) electrons. The minimum absolute atomic E-state index is 0.156. The lowest BCUT2D eigenvalue weighted by Gasteiger charge is -2.35. The Morgan fingerprint density at radius 2 is 1.79 bits per heavy atom. The topological polar surface area (TPSA) is 41.4 Å². The molecule has 1 aliphatic heterocycles. The standard InChI is InChI=1S/C19H26N4O/c1-15-4-5-18(14-16(15)2)19(24)23-12-9-21(10-13-23)8-11-22-7-6-20-17(22)3/h4-7,14H,8-13H2,1-3H3. The second kappa shape index (κ2) is 7.18. The summed E-state index contributed by atoms with van der Waals surface area (Å²) in [7, 11) is 0. The van der Waals surface area contributed by atoms with E-state index in [-0.39, 0.29) is 5.91 Å². The first kappa shape index (κ1) is 16.7. The maximum absolute atomic E-state index is 12.7. The van der Waals surface area contributed by atoms with Crippen LogP contribution in [-0.2, 0) is 6.54 Å². The van der Waals surface area contributed by atoms with Crippen LogP contribution in [0.4, 0.5) is 0 Å². The maximum Gasteiger partial charge on any atom is 0.253 e. The molecule has 2 aromatic rings. The lowest BCUT2D eigenvalue weighted by Crippen LogP contribution is -2.49. The Bertz CT molecular complexity index is 714. The molecule has 128 valence electrons. The van der Waals surface area contributed by atoms with Crippen LogP contribution in [0, 0.1) is 20.8 Å². The number of imidazole rings is 1. The first-order valence-corrected chi connectivity index (χ1v) is 8.61. The number of aryl methyl sites for hydroxylation is 3. The van der Waals surface area contributed by atoms with Gasteiger partial charge in [-0.3, -0.25) is 9.69 Å². The monoisotopic (exact) mass is 326 g/mol. The van der Waals surface area contributed by atoms with Crippen molar-refractivity contribution in [3.05, 3.63) is 53.1 Å². The van der Waals surface area contributed by atoms with Crippen LogP contribution >= 0.6 is 0 Å². The molecule has 24 heavy (non-hydrogen) atoms. The quantitative estimate of drug-likeness (QED) is 0.865. The molecule has 1 saturated heterocycles. The summed E-state index contributed by atoms with van der Waals surface area (Å²) in [6.45, 7) is 11.6. The molecule has 0 saturated carbocycles. The van der Waals surface area contributed by atoms with Gasteiger partial charge < -0.3 is 9.47 Å². The van der Waals surface area contributed by atoms with Gasteiger partial charge in [-0.2, -0.15) is 0 Å². The number of rotatable bonds is 4. The Hall–Kier alpha value is -2.14. The fourth-order valence-electron chi connectivity index (χ4n) is 3.12. The van der Waals surface area contributed by atoms with Crippen molar-refractivity contribution in [2.45, 2.75) is 27.3 Å². The van der Waals surface area contributed by atoms with Gasteiger partial charge in [-0.25, -0.2) is 4.98 Å². The number of amides is 1. The summed E-state index contributed by atoms with van der Waals surface area (Å²) in [5.41, 5.74) is 3.21. The van der Waals surface area contributed by atoms with Crippen LogP contribution in [0.3, 0.4) is 0 Å². The van der Waals surface area contributed by atoms with Crippen molar-refractivity contribution in [1.29, 1.82) is 0 Å². The number of hydrogen-bond donors (Lipinski definition) is 0. The van der Waals surface area contributed by atoms with Crippen molar-refractivity contribution in [1.82, 2.24) is 19.4 Å². The van der Waals surface area contributed by atoms with Crippen LogP contribution in [0.1, 0.15) is 27.3 Å². The van der Waals surface area contributed by atoms with Gasteiger partial charge in [0.05, 0.1) is 0 Å². The van der Waals surface area contributed by atoms with Gasteiger partial charge in [0, 0.05) is 57.2 Å².